The number of aliphatic carboxylic acids is 1. The molecule has 0 fully saturated rings. The van der Waals surface area contributed by atoms with Crippen LogP contribution in [-0.2, 0) is 4.79 Å². The van der Waals surface area contributed by atoms with Gasteiger partial charge in [0.05, 0.1) is 6.21 Å². The van der Waals surface area contributed by atoms with E-state index in [4.69, 9.17) is 16.0 Å². The topological polar surface area (TPSA) is 108 Å². The Kier molecular flexibility index (Phi) is 7.77. The van der Waals surface area contributed by atoms with E-state index in [-0.39, 0.29) is 6.54 Å². The fourth-order valence-corrected chi connectivity index (χ4v) is 1.04. The van der Waals surface area contributed by atoms with E-state index in [1.54, 1.807) is 0 Å². The Labute approximate surface area is 82.8 Å². The predicted octanol–water partition coefficient (Wildman–Crippen LogP) is -0.382. The lowest BCUT2D eigenvalue weighted by molar-refractivity contribution is -0.139. The van der Waals surface area contributed by atoms with Crippen LogP contribution in [0.15, 0.2) is 5.16 Å². The fourth-order valence-electron chi connectivity index (χ4n) is 1.04. The van der Waals surface area contributed by atoms with Crippen LogP contribution in [0.3, 0.4) is 0 Å². The first-order chi connectivity index (χ1) is 6.72. The molecule has 6 nitrogen and oxygen atoms in total. The third kappa shape index (κ3) is 6.38. The maximum atomic E-state index is 10.7. The zero-order valence-electron chi connectivity index (χ0n) is 8.02. The van der Waals surface area contributed by atoms with E-state index in [1.165, 1.54) is 6.21 Å². The second-order valence-electron chi connectivity index (χ2n) is 2.88. The van der Waals surface area contributed by atoms with Gasteiger partial charge >= 0.3 is 5.97 Å². The Morgan fingerprint density at radius 3 is 2.79 bits per heavy atom. The summed E-state index contributed by atoms with van der Waals surface area (Å²) in [6, 6.07) is -0.598. The number of oxime groups is 1. The minimum Gasteiger partial charge on any atom is -0.480 e. The highest BCUT2D eigenvalue weighted by Crippen LogP contribution is 1.99. The van der Waals surface area contributed by atoms with Gasteiger partial charge in [0.25, 0.3) is 0 Å². The van der Waals surface area contributed by atoms with E-state index in [9.17, 15) is 4.79 Å². The number of unbranched alkanes of at least 4 members (excludes halogenated alkanes) is 1. The Bertz CT molecular complexity index is 185. The molecule has 0 saturated carbocycles. The van der Waals surface area contributed by atoms with Crippen LogP contribution >= 0.6 is 0 Å². The van der Waals surface area contributed by atoms with Crippen molar-refractivity contribution in [3.05, 3.63) is 0 Å². The maximum absolute atomic E-state index is 10.7. The first-order valence-corrected chi connectivity index (χ1v) is 4.54. The van der Waals surface area contributed by atoms with Gasteiger partial charge in [-0.1, -0.05) is 6.42 Å². The normalized spacial score (nSPS) is 13.2. The summed E-state index contributed by atoms with van der Waals surface area (Å²) in [5, 5.41) is 22.4. The minimum atomic E-state index is -0.895. The van der Waals surface area contributed by atoms with E-state index < -0.39 is 12.0 Å². The fraction of sp³-hybridized carbons (Fsp3) is 0.750. The van der Waals surface area contributed by atoms with E-state index in [1.807, 2.05) is 0 Å². The third-order valence-corrected chi connectivity index (χ3v) is 1.78. The molecule has 0 aliphatic heterocycles. The van der Waals surface area contributed by atoms with E-state index in [0.717, 1.165) is 12.8 Å². The molecule has 0 heterocycles. The number of nitrogens with one attached hydrogen (secondary N) is 1. The summed E-state index contributed by atoms with van der Waals surface area (Å²) < 4.78 is 0. The van der Waals surface area contributed by atoms with Gasteiger partial charge < -0.3 is 16.0 Å². The standard InChI is InChI=1S/C8H17N3O3/c9-4-2-1-3-7(8(12)13)10-5-6-11-14/h6-7,10,14H,1-5,9H2,(H,12,13)/t7-/m0/s1. The highest BCUT2D eigenvalue weighted by Gasteiger charge is 2.14. The zero-order valence-corrected chi connectivity index (χ0v) is 8.02. The smallest absolute Gasteiger partial charge is 0.320 e. The summed E-state index contributed by atoms with van der Waals surface area (Å²) in [5.41, 5.74) is 5.29. The van der Waals surface area contributed by atoms with Crippen molar-refractivity contribution in [1.29, 1.82) is 0 Å². The van der Waals surface area contributed by atoms with Crippen molar-refractivity contribution >= 4 is 12.2 Å². The van der Waals surface area contributed by atoms with Gasteiger partial charge in [-0.15, -0.1) is 5.16 Å². The molecule has 0 unspecified atom stereocenters. The van der Waals surface area contributed by atoms with Gasteiger partial charge in [-0.05, 0) is 19.4 Å². The highest BCUT2D eigenvalue weighted by atomic mass is 16.4. The number of hydrogen-bond donors (Lipinski definition) is 4. The van der Waals surface area contributed by atoms with Crippen molar-refractivity contribution in [3.8, 4) is 0 Å². The summed E-state index contributed by atoms with van der Waals surface area (Å²) in [6.07, 6.45) is 3.33. The molecule has 0 aliphatic carbocycles. The molecule has 0 radical (unpaired) electrons. The average Bonchev–Trinajstić information content (AvgIpc) is 2.15. The van der Waals surface area contributed by atoms with Crippen LogP contribution in [0.25, 0.3) is 0 Å². The predicted molar refractivity (Wildman–Crippen MR) is 52.6 cm³/mol. The Balaban J connectivity index is 3.72. The molecule has 6 heteroatoms. The first-order valence-electron chi connectivity index (χ1n) is 4.54. The van der Waals surface area contributed by atoms with Gasteiger partial charge in [0.1, 0.15) is 6.04 Å². The van der Waals surface area contributed by atoms with Gasteiger partial charge in [-0.2, -0.15) is 0 Å². The molecule has 0 aromatic heterocycles. The lowest BCUT2D eigenvalue weighted by atomic mass is 10.1. The number of carbonyl (C=O) groups is 1. The molecule has 5 N–H and O–H groups in total. The van der Waals surface area contributed by atoms with Crippen LogP contribution in [0.2, 0.25) is 0 Å². The van der Waals surface area contributed by atoms with Crippen molar-refractivity contribution in [1.82, 2.24) is 5.32 Å². The van der Waals surface area contributed by atoms with Crippen molar-refractivity contribution in [2.75, 3.05) is 13.1 Å². The number of nitrogens with zero attached hydrogens (tertiary/aromatic N) is 1. The lowest BCUT2D eigenvalue weighted by Gasteiger charge is -2.11. The molecule has 0 saturated heterocycles. The van der Waals surface area contributed by atoms with Gasteiger partial charge in [0, 0.05) is 6.54 Å². The molecule has 0 aromatic rings. The minimum absolute atomic E-state index is 0.246. The first kappa shape index (κ1) is 12.9. The van der Waals surface area contributed by atoms with E-state index >= 15 is 0 Å². The van der Waals surface area contributed by atoms with Crippen molar-refractivity contribution < 1.29 is 15.1 Å². The number of hydrogen-bond acceptors (Lipinski definition) is 5. The molecule has 82 valence electrons. The zero-order chi connectivity index (χ0) is 10.8. The highest BCUT2D eigenvalue weighted by molar-refractivity contribution is 5.74. The van der Waals surface area contributed by atoms with Crippen molar-refractivity contribution in [2.24, 2.45) is 10.9 Å². The Morgan fingerprint density at radius 1 is 1.57 bits per heavy atom. The third-order valence-electron chi connectivity index (χ3n) is 1.78. The summed E-state index contributed by atoms with van der Waals surface area (Å²) >= 11 is 0. The average molecular weight is 203 g/mol. The van der Waals surface area contributed by atoms with Gasteiger partial charge in [0.15, 0.2) is 0 Å². The molecule has 1 atom stereocenters. The van der Waals surface area contributed by atoms with Crippen LogP contribution in [0, 0.1) is 0 Å². The molecule has 14 heavy (non-hydrogen) atoms. The molecule has 0 aliphatic rings. The second-order valence-corrected chi connectivity index (χ2v) is 2.88. The summed E-state index contributed by atoms with van der Waals surface area (Å²) in [5.74, 6) is -0.895. The van der Waals surface area contributed by atoms with Crippen molar-refractivity contribution in [2.45, 2.75) is 25.3 Å². The SMILES string of the molecule is NCCCC[C@H](NCC=NO)C(=O)O. The van der Waals surface area contributed by atoms with Gasteiger partial charge in [-0.25, -0.2) is 0 Å². The maximum Gasteiger partial charge on any atom is 0.320 e. The van der Waals surface area contributed by atoms with Crippen LogP contribution in [0.5, 0.6) is 0 Å². The Morgan fingerprint density at radius 2 is 2.29 bits per heavy atom. The van der Waals surface area contributed by atoms with Gasteiger partial charge in [0.2, 0.25) is 0 Å². The molecular weight excluding hydrogens is 186 g/mol. The van der Waals surface area contributed by atoms with Crippen molar-refractivity contribution in [3.63, 3.8) is 0 Å². The lowest BCUT2D eigenvalue weighted by Crippen LogP contribution is -2.37. The molecule has 0 aromatic carbocycles. The Hall–Kier alpha value is -1.14. The second kappa shape index (κ2) is 8.46. The quantitative estimate of drug-likeness (QED) is 0.186. The van der Waals surface area contributed by atoms with Crippen LogP contribution in [0.4, 0.5) is 0 Å². The summed E-state index contributed by atoms with van der Waals surface area (Å²) in [6.45, 7) is 0.820. The number of nitrogens with two attached hydrogens (primary N) is 1. The molecule has 0 bridgehead atoms. The largest absolute Gasteiger partial charge is 0.480 e. The van der Waals surface area contributed by atoms with Crippen LogP contribution < -0.4 is 11.1 Å². The molecule has 0 spiro atoms. The summed E-state index contributed by atoms with van der Waals surface area (Å²) in [7, 11) is 0. The van der Waals surface area contributed by atoms with Crippen LogP contribution in [0.1, 0.15) is 19.3 Å². The summed E-state index contributed by atoms with van der Waals surface area (Å²) in [4.78, 5) is 10.7. The number of carboxylic acid groups (broad SMARTS) is 1. The van der Waals surface area contributed by atoms with E-state index in [0.29, 0.717) is 13.0 Å². The molecular formula is C8H17N3O3. The van der Waals surface area contributed by atoms with Crippen LogP contribution in [-0.4, -0.2) is 41.6 Å². The monoisotopic (exact) mass is 203 g/mol. The molecule has 0 rings (SSSR count). The molecule has 0 amide bonds. The number of carboxylic acids is 1. The van der Waals surface area contributed by atoms with Gasteiger partial charge in [-0.3, -0.25) is 10.1 Å². The van der Waals surface area contributed by atoms with E-state index in [2.05, 4.69) is 10.5 Å². The number of rotatable bonds is 8.